The fraction of sp³-hybridized carbons (Fsp3) is 0.312. The van der Waals surface area contributed by atoms with Gasteiger partial charge >= 0.3 is 5.97 Å². The quantitative estimate of drug-likeness (QED) is 0.673. The van der Waals surface area contributed by atoms with Gasteiger partial charge in [-0.1, -0.05) is 6.92 Å². The number of nitrogens with zero attached hydrogens (tertiary/aromatic N) is 1. The largest absolute Gasteiger partial charge is 0.462 e. The van der Waals surface area contributed by atoms with Gasteiger partial charge in [0, 0.05) is 23.5 Å². The Hall–Kier alpha value is -2.03. The molecule has 1 aromatic heterocycles. The second-order valence-electron chi connectivity index (χ2n) is 4.75. The summed E-state index contributed by atoms with van der Waals surface area (Å²) in [6.07, 6.45) is 1.90. The molecule has 1 aliphatic rings. The average molecular weight is 255 g/mol. The molecule has 3 heteroatoms. The first-order chi connectivity index (χ1) is 9.24. The molecule has 3 nitrogen and oxygen atoms in total. The molecule has 0 unspecified atom stereocenters. The van der Waals surface area contributed by atoms with Crippen molar-refractivity contribution in [3.05, 3.63) is 52.8 Å². The molecule has 0 radical (unpaired) electrons. The fourth-order valence-corrected chi connectivity index (χ4v) is 2.73. The first kappa shape index (κ1) is 12.0. The van der Waals surface area contributed by atoms with Crippen LogP contribution in [0.1, 0.15) is 41.2 Å². The summed E-state index contributed by atoms with van der Waals surface area (Å²) in [5.41, 5.74) is 5.66. The van der Waals surface area contributed by atoms with Crippen LogP contribution in [0.4, 0.5) is 0 Å². The average Bonchev–Trinajstić information content (AvgIpc) is 2.96. The lowest BCUT2D eigenvalue weighted by Crippen LogP contribution is -2.05. The van der Waals surface area contributed by atoms with Crippen LogP contribution < -0.4 is 0 Å². The van der Waals surface area contributed by atoms with Crippen LogP contribution in [-0.2, 0) is 17.6 Å². The van der Waals surface area contributed by atoms with E-state index in [2.05, 4.69) is 23.6 Å². The highest BCUT2D eigenvalue weighted by atomic mass is 16.5. The summed E-state index contributed by atoms with van der Waals surface area (Å²) >= 11 is 0. The summed E-state index contributed by atoms with van der Waals surface area (Å²) in [5.74, 6) is -0.238. The summed E-state index contributed by atoms with van der Waals surface area (Å²) in [7, 11) is 0. The zero-order valence-electron chi connectivity index (χ0n) is 11.3. The third kappa shape index (κ3) is 1.86. The van der Waals surface area contributed by atoms with Gasteiger partial charge in [-0.15, -0.1) is 0 Å². The van der Waals surface area contributed by atoms with Crippen LogP contribution in [0.2, 0.25) is 0 Å². The van der Waals surface area contributed by atoms with Crippen LogP contribution in [0.3, 0.4) is 0 Å². The van der Waals surface area contributed by atoms with E-state index >= 15 is 0 Å². The molecule has 2 heterocycles. The maximum absolute atomic E-state index is 11.7. The number of carbonyl (C=O) groups excluding carboxylic acids is 1. The monoisotopic (exact) mass is 255 g/mol. The fourth-order valence-electron chi connectivity index (χ4n) is 2.73. The molecule has 0 saturated carbocycles. The van der Waals surface area contributed by atoms with E-state index in [1.807, 2.05) is 25.1 Å². The number of benzene rings is 1. The van der Waals surface area contributed by atoms with E-state index in [4.69, 9.17) is 4.74 Å². The summed E-state index contributed by atoms with van der Waals surface area (Å²) in [6, 6.07) is 10.2. The molecule has 0 atom stereocenters. The van der Waals surface area contributed by atoms with Crippen LogP contribution in [0, 0.1) is 0 Å². The maximum Gasteiger partial charge on any atom is 0.338 e. The SMILES string of the molecule is CCOC(=O)c1ccc2c(c1)Cc1ccc(CC)n1-2. The van der Waals surface area contributed by atoms with E-state index < -0.39 is 0 Å². The van der Waals surface area contributed by atoms with Crippen molar-refractivity contribution < 1.29 is 9.53 Å². The van der Waals surface area contributed by atoms with Crippen LogP contribution in [-0.4, -0.2) is 17.1 Å². The van der Waals surface area contributed by atoms with Gasteiger partial charge in [0.2, 0.25) is 0 Å². The number of fused-ring (bicyclic) bond motifs is 3. The highest BCUT2D eigenvalue weighted by molar-refractivity contribution is 5.90. The van der Waals surface area contributed by atoms with Crippen molar-refractivity contribution in [2.45, 2.75) is 26.7 Å². The van der Waals surface area contributed by atoms with E-state index in [-0.39, 0.29) is 5.97 Å². The van der Waals surface area contributed by atoms with E-state index in [1.165, 1.54) is 22.6 Å². The Balaban J connectivity index is 2.01. The van der Waals surface area contributed by atoms with Crippen molar-refractivity contribution in [3.8, 4) is 5.69 Å². The minimum Gasteiger partial charge on any atom is -0.462 e. The van der Waals surface area contributed by atoms with Gasteiger partial charge in [-0.05, 0) is 49.2 Å². The second kappa shape index (κ2) is 4.57. The molecule has 0 spiro atoms. The Bertz CT molecular complexity index is 640. The predicted octanol–water partition coefficient (Wildman–Crippen LogP) is 3.12. The number of aryl methyl sites for hydroxylation is 1. The van der Waals surface area contributed by atoms with Gasteiger partial charge in [-0.3, -0.25) is 0 Å². The maximum atomic E-state index is 11.7. The van der Waals surface area contributed by atoms with E-state index in [1.54, 1.807) is 0 Å². The van der Waals surface area contributed by atoms with Gasteiger partial charge in [0.25, 0.3) is 0 Å². The van der Waals surface area contributed by atoms with Crippen LogP contribution in [0.25, 0.3) is 5.69 Å². The van der Waals surface area contributed by atoms with Gasteiger partial charge in [0.15, 0.2) is 0 Å². The number of carbonyl (C=O) groups is 1. The molecule has 3 rings (SSSR count). The number of aromatic nitrogens is 1. The molecule has 0 bridgehead atoms. The Kier molecular flexibility index (Phi) is 2.90. The highest BCUT2D eigenvalue weighted by Crippen LogP contribution is 2.31. The van der Waals surface area contributed by atoms with Gasteiger partial charge in [-0.2, -0.15) is 0 Å². The lowest BCUT2D eigenvalue weighted by atomic mass is 10.1. The van der Waals surface area contributed by atoms with Crippen molar-refractivity contribution in [1.29, 1.82) is 0 Å². The molecule has 19 heavy (non-hydrogen) atoms. The first-order valence-electron chi connectivity index (χ1n) is 6.74. The normalized spacial score (nSPS) is 12.1. The van der Waals surface area contributed by atoms with Crippen molar-refractivity contribution in [2.75, 3.05) is 6.61 Å². The third-order valence-electron chi connectivity index (χ3n) is 3.61. The minimum atomic E-state index is -0.238. The van der Waals surface area contributed by atoms with E-state index in [0.717, 1.165) is 12.8 Å². The molecule has 0 amide bonds. The number of esters is 1. The number of rotatable bonds is 3. The molecule has 98 valence electrons. The molecule has 0 aliphatic carbocycles. The molecule has 0 N–H and O–H groups in total. The summed E-state index contributed by atoms with van der Waals surface area (Å²) in [4.78, 5) is 11.7. The topological polar surface area (TPSA) is 31.2 Å². The predicted molar refractivity (Wildman–Crippen MR) is 73.9 cm³/mol. The summed E-state index contributed by atoms with van der Waals surface area (Å²) in [5, 5.41) is 0. The molecule has 0 saturated heterocycles. The lowest BCUT2D eigenvalue weighted by molar-refractivity contribution is 0.0526. The van der Waals surface area contributed by atoms with Crippen LogP contribution >= 0.6 is 0 Å². The van der Waals surface area contributed by atoms with Gasteiger partial charge in [0.05, 0.1) is 12.2 Å². The smallest absolute Gasteiger partial charge is 0.338 e. The zero-order valence-corrected chi connectivity index (χ0v) is 11.3. The zero-order chi connectivity index (χ0) is 13.4. The van der Waals surface area contributed by atoms with Crippen molar-refractivity contribution in [3.63, 3.8) is 0 Å². The number of hydrogen-bond acceptors (Lipinski definition) is 2. The van der Waals surface area contributed by atoms with E-state index in [0.29, 0.717) is 12.2 Å². The standard InChI is InChI=1S/C16H17NO2/c1-3-13-6-7-14-10-12-9-11(16(18)19-4-2)5-8-15(12)17(13)14/h5-9H,3-4,10H2,1-2H3. The Morgan fingerprint density at radius 1 is 1.26 bits per heavy atom. The molecule has 0 fully saturated rings. The molecule has 1 aliphatic heterocycles. The molecular formula is C16H17NO2. The number of ether oxygens (including phenoxy) is 1. The Morgan fingerprint density at radius 3 is 2.84 bits per heavy atom. The summed E-state index contributed by atoms with van der Waals surface area (Å²) < 4.78 is 7.34. The third-order valence-corrected chi connectivity index (χ3v) is 3.61. The minimum absolute atomic E-state index is 0.238. The Morgan fingerprint density at radius 2 is 2.11 bits per heavy atom. The highest BCUT2D eigenvalue weighted by Gasteiger charge is 2.21. The van der Waals surface area contributed by atoms with Gasteiger partial charge in [0.1, 0.15) is 0 Å². The van der Waals surface area contributed by atoms with Crippen LogP contribution in [0.15, 0.2) is 30.3 Å². The number of hydrogen-bond donors (Lipinski definition) is 0. The van der Waals surface area contributed by atoms with Crippen molar-refractivity contribution in [2.24, 2.45) is 0 Å². The Labute approximate surface area is 112 Å². The van der Waals surface area contributed by atoms with E-state index in [9.17, 15) is 4.79 Å². The molecular weight excluding hydrogens is 238 g/mol. The first-order valence-corrected chi connectivity index (χ1v) is 6.74. The summed E-state index contributed by atoms with van der Waals surface area (Å²) in [6.45, 7) is 4.40. The lowest BCUT2D eigenvalue weighted by Gasteiger charge is -2.08. The molecule has 2 aromatic rings. The van der Waals surface area contributed by atoms with Gasteiger partial charge < -0.3 is 9.30 Å². The van der Waals surface area contributed by atoms with Crippen LogP contribution in [0.5, 0.6) is 0 Å². The van der Waals surface area contributed by atoms with Gasteiger partial charge in [-0.25, -0.2) is 4.79 Å². The van der Waals surface area contributed by atoms with Crippen molar-refractivity contribution >= 4 is 5.97 Å². The molecule has 1 aromatic carbocycles. The second-order valence-corrected chi connectivity index (χ2v) is 4.75. The van der Waals surface area contributed by atoms with Crippen molar-refractivity contribution in [1.82, 2.24) is 4.57 Å².